The fraction of sp³-hybridized carbons (Fsp3) is 0.136. The molecule has 0 aliphatic heterocycles. The van der Waals surface area contributed by atoms with E-state index >= 15 is 0 Å². The van der Waals surface area contributed by atoms with E-state index in [1.165, 1.54) is 6.92 Å². The van der Waals surface area contributed by atoms with Crippen LogP contribution in [0.15, 0.2) is 67.0 Å². The van der Waals surface area contributed by atoms with E-state index in [9.17, 15) is 4.79 Å². The highest BCUT2D eigenvalue weighted by atomic mass is 16.5. The molecule has 1 heterocycles. The third kappa shape index (κ3) is 4.93. The Morgan fingerprint density at radius 3 is 2.63 bits per heavy atom. The topological polar surface area (TPSA) is 75.0 Å². The number of aromatic nitrogens is 1. The van der Waals surface area contributed by atoms with Crippen LogP contribution in [0.5, 0.6) is 5.75 Å². The Balaban J connectivity index is 1.62. The number of ketones is 1. The first kappa shape index (κ1) is 18.2. The second-order valence-corrected chi connectivity index (χ2v) is 6.08. The van der Waals surface area contributed by atoms with E-state index in [0.717, 1.165) is 16.9 Å². The van der Waals surface area contributed by atoms with E-state index in [1.54, 1.807) is 30.6 Å². The Bertz CT molecular complexity index is 961. The second kappa shape index (κ2) is 8.63. The molecule has 0 bridgehead atoms. The Morgan fingerprint density at radius 1 is 1.15 bits per heavy atom. The van der Waals surface area contributed by atoms with Crippen molar-refractivity contribution in [3.8, 4) is 11.8 Å². The first-order valence-electron chi connectivity index (χ1n) is 8.55. The minimum Gasteiger partial charge on any atom is -0.489 e. The molecular weight excluding hydrogens is 338 g/mol. The average molecular weight is 357 g/mol. The Hall–Kier alpha value is -3.65. The lowest BCUT2D eigenvalue weighted by Gasteiger charge is -2.12. The molecule has 0 atom stereocenters. The zero-order valence-corrected chi connectivity index (χ0v) is 15.0. The van der Waals surface area contributed by atoms with Gasteiger partial charge in [0.2, 0.25) is 0 Å². The van der Waals surface area contributed by atoms with Crippen molar-refractivity contribution in [2.45, 2.75) is 20.1 Å². The quantitative estimate of drug-likeness (QED) is 0.636. The van der Waals surface area contributed by atoms with Gasteiger partial charge in [-0.2, -0.15) is 5.26 Å². The van der Waals surface area contributed by atoms with Crippen molar-refractivity contribution in [3.63, 3.8) is 0 Å². The molecule has 3 rings (SSSR count). The van der Waals surface area contributed by atoms with Crippen molar-refractivity contribution < 1.29 is 9.53 Å². The van der Waals surface area contributed by atoms with Crippen LogP contribution in [-0.4, -0.2) is 10.8 Å². The summed E-state index contributed by atoms with van der Waals surface area (Å²) >= 11 is 0. The van der Waals surface area contributed by atoms with Crippen LogP contribution in [0.3, 0.4) is 0 Å². The molecule has 1 N–H and O–H groups in total. The van der Waals surface area contributed by atoms with Gasteiger partial charge < -0.3 is 10.1 Å². The summed E-state index contributed by atoms with van der Waals surface area (Å²) in [7, 11) is 0. The lowest BCUT2D eigenvalue weighted by Crippen LogP contribution is -2.05. The standard InChI is InChI=1S/C22H19N3O2/c1-16(26)21-9-6-18(12-23)11-22(21)25-14-17-4-7-20(8-5-17)27-15-19-3-2-10-24-13-19/h2-11,13,25H,14-15H2,1H3. The predicted octanol–water partition coefficient (Wildman–Crippen LogP) is 4.35. The minimum absolute atomic E-state index is 0.0406. The number of hydrogen-bond donors (Lipinski definition) is 1. The third-order valence-corrected chi connectivity index (χ3v) is 4.06. The lowest BCUT2D eigenvalue weighted by molar-refractivity contribution is 0.101. The third-order valence-electron chi connectivity index (χ3n) is 4.06. The van der Waals surface area contributed by atoms with Crippen LogP contribution in [-0.2, 0) is 13.2 Å². The summed E-state index contributed by atoms with van der Waals surface area (Å²) in [5.74, 6) is 0.736. The highest BCUT2D eigenvalue weighted by Gasteiger charge is 2.08. The van der Waals surface area contributed by atoms with Gasteiger partial charge in [-0.25, -0.2) is 0 Å². The van der Waals surface area contributed by atoms with Crippen molar-refractivity contribution in [2.75, 3.05) is 5.32 Å². The molecule has 0 spiro atoms. The van der Waals surface area contributed by atoms with Gasteiger partial charge in [-0.3, -0.25) is 9.78 Å². The van der Waals surface area contributed by atoms with Crippen LogP contribution in [0, 0.1) is 11.3 Å². The molecule has 134 valence electrons. The molecule has 5 heteroatoms. The van der Waals surface area contributed by atoms with Crippen molar-refractivity contribution >= 4 is 11.5 Å². The van der Waals surface area contributed by atoms with Gasteiger partial charge in [0, 0.05) is 35.8 Å². The van der Waals surface area contributed by atoms with Crippen LogP contribution in [0.2, 0.25) is 0 Å². The molecule has 0 aliphatic rings. The summed E-state index contributed by atoms with van der Waals surface area (Å²) in [6, 6.07) is 18.7. The number of nitrogens with one attached hydrogen (secondary N) is 1. The number of nitriles is 1. The van der Waals surface area contributed by atoms with Gasteiger partial charge in [0.05, 0.1) is 11.6 Å². The smallest absolute Gasteiger partial charge is 0.161 e. The zero-order valence-electron chi connectivity index (χ0n) is 15.0. The maximum absolute atomic E-state index is 11.8. The molecule has 0 amide bonds. The van der Waals surface area contributed by atoms with Crippen LogP contribution < -0.4 is 10.1 Å². The highest BCUT2D eigenvalue weighted by molar-refractivity contribution is 5.99. The van der Waals surface area contributed by atoms with E-state index in [2.05, 4.69) is 16.4 Å². The second-order valence-electron chi connectivity index (χ2n) is 6.08. The normalized spacial score (nSPS) is 10.1. The molecule has 0 unspecified atom stereocenters. The number of pyridine rings is 1. The zero-order chi connectivity index (χ0) is 19.1. The summed E-state index contributed by atoms with van der Waals surface area (Å²) in [6.45, 7) is 2.52. The Morgan fingerprint density at radius 2 is 1.96 bits per heavy atom. The van der Waals surface area contributed by atoms with Crippen molar-refractivity contribution in [3.05, 3.63) is 89.2 Å². The maximum Gasteiger partial charge on any atom is 0.161 e. The van der Waals surface area contributed by atoms with Crippen molar-refractivity contribution in [2.24, 2.45) is 0 Å². The van der Waals surface area contributed by atoms with Crippen LogP contribution in [0.25, 0.3) is 0 Å². The van der Waals surface area contributed by atoms with Gasteiger partial charge in [-0.15, -0.1) is 0 Å². The van der Waals surface area contributed by atoms with E-state index in [4.69, 9.17) is 10.00 Å². The van der Waals surface area contributed by atoms with E-state index in [-0.39, 0.29) is 5.78 Å². The van der Waals surface area contributed by atoms with E-state index < -0.39 is 0 Å². The van der Waals surface area contributed by atoms with Gasteiger partial charge in [0.1, 0.15) is 12.4 Å². The highest BCUT2D eigenvalue weighted by Crippen LogP contribution is 2.20. The molecule has 0 saturated carbocycles. The summed E-state index contributed by atoms with van der Waals surface area (Å²) in [6.07, 6.45) is 3.51. The number of ether oxygens (including phenoxy) is 1. The van der Waals surface area contributed by atoms with E-state index in [0.29, 0.717) is 30.0 Å². The summed E-state index contributed by atoms with van der Waals surface area (Å²) in [5, 5.41) is 12.3. The van der Waals surface area contributed by atoms with Crippen LogP contribution >= 0.6 is 0 Å². The van der Waals surface area contributed by atoms with Gasteiger partial charge in [-0.05, 0) is 48.9 Å². The Kier molecular flexibility index (Phi) is 5.80. The number of carbonyl (C=O) groups is 1. The van der Waals surface area contributed by atoms with Gasteiger partial charge >= 0.3 is 0 Å². The first-order valence-corrected chi connectivity index (χ1v) is 8.55. The SMILES string of the molecule is CC(=O)c1ccc(C#N)cc1NCc1ccc(OCc2cccnc2)cc1. The minimum atomic E-state index is -0.0406. The molecule has 0 aliphatic carbocycles. The van der Waals surface area contributed by atoms with Crippen molar-refractivity contribution in [1.82, 2.24) is 4.98 Å². The predicted molar refractivity (Wildman–Crippen MR) is 103 cm³/mol. The number of anilines is 1. The number of carbonyl (C=O) groups excluding carboxylic acids is 1. The molecule has 1 aromatic heterocycles. The lowest BCUT2D eigenvalue weighted by atomic mass is 10.1. The number of rotatable bonds is 7. The number of benzene rings is 2. The van der Waals surface area contributed by atoms with Gasteiger partial charge in [0.15, 0.2) is 5.78 Å². The van der Waals surface area contributed by atoms with Gasteiger partial charge in [-0.1, -0.05) is 18.2 Å². The maximum atomic E-state index is 11.8. The number of hydrogen-bond acceptors (Lipinski definition) is 5. The van der Waals surface area contributed by atoms with E-state index in [1.807, 2.05) is 36.4 Å². The molecule has 5 nitrogen and oxygen atoms in total. The molecule has 2 aromatic carbocycles. The van der Waals surface area contributed by atoms with Crippen LogP contribution in [0.1, 0.15) is 34.0 Å². The molecular formula is C22H19N3O2. The Labute approximate surface area is 158 Å². The summed E-state index contributed by atoms with van der Waals surface area (Å²) in [5.41, 5.74) is 3.81. The molecule has 0 radical (unpaired) electrons. The molecule has 27 heavy (non-hydrogen) atoms. The number of Topliss-reactive ketones (excluding diaryl/α,β-unsaturated/α-hetero) is 1. The summed E-state index contributed by atoms with van der Waals surface area (Å²) < 4.78 is 5.75. The van der Waals surface area contributed by atoms with Gasteiger partial charge in [0.25, 0.3) is 0 Å². The number of nitrogens with zero attached hydrogens (tertiary/aromatic N) is 2. The van der Waals surface area contributed by atoms with Crippen LogP contribution in [0.4, 0.5) is 5.69 Å². The largest absolute Gasteiger partial charge is 0.489 e. The fourth-order valence-corrected chi connectivity index (χ4v) is 2.62. The molecule has 0 fully saturated rings. The molecule has 0 saturated heterocycles. The molecule has 3 aromatic rings. The average Bonchev–Trinajstić information content (AvgIpc) is 2.72. The fourth-order valence-electron chi connectivity index (χ4n) is 2.62. The van der Waals surface area contributed by atoms with Crippen molar-refractivity contribution in [1.29, 1.82) is 5.26 Å². The monoisotopic (exact) mass is 357 g/mol. The first-order chi connectivity index (χ1) is 13.2. The summed E-state index contributed by atoms with van der Waals surface area (Å²) in [4.78, 5) is 15.8.